The molecule has 0 aliphatic carbocycles. The standard InChI is InChI=1S/C14H19FN2O2S/c1-17(13-8-11-4-5-12(9-13)16-11)20(18,19)14-6-2-10(15)3-7-14/h2-3,6-7,11-13,16H,4-5,8-9H2,1H3. The van der Waals surface area contributed by atoms with Gasteiger partial charge in [0.25, 0.3) is 0 Å². The van der Waals surface area contributed by atoms with Crippen LogP contribution in [0.4, 0.5) is 4.39 Å². The van der Waals surface area contributed by atoms with E-state index < -0.39 is 15.8 Å². The van der Waals surface area contributed by atoms with Crippen LogP contribution in [0.15, 0.2) is 29.2 Å². The Kier molecular flexibility index (Phi) is 3.56. The number of rotatable bonds is 3. The van der Waals surface area contributed by atoms with E-state index in [4.69, 9.17) is 0 Å². The van der Waals surface area contributed by atoms with E-state index in [2.05, 4.69) is 5.32 Å². The number of benzene rings is 1. The SMILES string of the molecule is CN(C1CC2CCC(C1)N2)S(=O)(=O)c1ccc(F)cc1. The largest absolute Gasteiger partial charge is 0.311 e. The number of nitrogens with zero attached hydrogens (tertiary/aromatic N) is 1. The molecule has 2 atom stereocenters. The number of hydrogen-bond acceptors (Lipinski definition) is 3. The molecule has 2 aliphatic rings. The summed E-state index contributed by atoms with van der Waals surface area (Å²) in [4.78, 5) is 0.160. The molecule has 0 saturated carbocycles. The maximum absolute atomic E-state index is 12.9. The van der Waals surface area contributed by atoms with Gasteiger partial charge < -0.3 is 5.32 Å². The molecule has 1 aromatic rings. The molecule has 2 saturated heterocycles. The van der Waals surface area contributed by atoms with Crippen LogP contribution in [0.3, 0.4) is 0 Å². The summed E-state index contributed by atoms with van der Waals surface area (Å²) in [6.45, 7) is 0. The van der Waals surface area contributed by atoms with Crippen LogP contribution in [-0.4, -0.2) is 37.9 Å². The third-order valence-electron chi connectivity index (χ3n) is 4.45. The second kappa shape index (κ2) is 5.09. The first-order valence-electron chi connectivity index (χ1n) is 6.96. The van der Waals surface area contributed by atoms with Gasteiger partial charge in [0.15, 0.2) is 0 Å². The minimum absolute atomic E-state index is 0.0313. The molecule has 2 unspecified atom stereocenters. The summed E-state index contributed by atoms with van der Waals surface area (Å²) in [5.74, 6) is -0.425. The highest BCUT2D eigenvalue weighted by Crippen LogP contribution is 2.31. The highest BCUT2D eigenvalue weighted by molar-refractivity contribution is 7.89. The lowest BCUT2D eigenvalue weighted by molar-refractivity contribution is 0.251. The number of halogens is 1. The molecule has 4 nitrogen and oxygen atoms in total. The van der Waals surface area contributed by atoms with E-state index in [1.54, 1.807) is 7.05 Å². The van der Waals surface area contributed by atoms with Gasteiger partial charge in [0, 0.05) is 25.2 Å². The van der Waals surface area contributed by atoms with E-state index in [0.717, 1.165) is 25.7 Å². The summed E-state index contributed by atoms with van der Waals surface area (Å²) >= 11 is 0. The number of hydrogen-bond donors (Lipinski definition) is 1. The van der Waals surface area contributed by atoms with Crippen molar-refractivity contribution >= 4 is 10.0 Å². The highest BCUT2D eigenvalue weighted by atomic mass is 32.2. The second-order valence-electron chi connectivity index (χ2n) is 5.74. The van der Waals surface area contributed by atoms with Crippen LogP contribution in [0.2, 0.25) is 0 Å². The minimum atomic E-state index is -3.54. The number of nitrogens with one attached hydrogen (secondary N) is 1. The van der Waals surface area contributed by atoms with Gasteiger partial charge in [-0.1, -0.05) is 0 Å². The minimum Gasteiger partial charge on any atom is -0.311 e. The predicted octanol–water partition coefficient (Wildman–Crippen LogP) is 1.73. The normalized spacial score (nSPS) is 29.9. The number of piperidine rings is 1. The first-order valence-corrected chi connectivity index (χ1v) is 8.40. The lowest BCUT2D eigenvalue weighted by Gasteiger charge is -2.34. The highest BCUT2D eigenvalue weighted by Gasteiger charge is 2.38. The quantitative estimate of drug-likeness (QED) is 0.924. The van der Waals surface area contributed by atoms with E-state index >= 15 is 0 Å². The van der Waals surface area contributed by atoms with Crippen molar-refractivity contribution < 1.29 is 12.8 Å². The average Bonchev–Trinajstić information content (AvgIpc) is 2.77. The number of sulfonamides is 1. The molecule has 0 aromatic heterocycles. The Morgan fingerprint density at radius 1 is 1.15 bits per heavy atom. The predicted molar refractivity (Wildman–Crippen MR) is 74.3 cm³/mol. The van der Waals surface area contributed by atoms with E-state index in [1.807, 2.05) is 0 Å². The van der Waals surface area contributed by atoms with Gasteiger partial charge in [-0.05, 0) is 49.9 Å². The maximum Gasteiger partial charge on any atom is 0.243 e. The zero-order chi connectivity index (χ0) is 14.3. The van der Waals surface area contributed by atoms with Crippen molar-refractivity contribution in [3.05, 3.63) is 30.1 Å². The fourth-order valence-corrected chi connectivity index (χ4v) is 4.67. The van der Waals surface area contributed by atoms with Crippen molar-refractivity contribution in [1.29, 1.82) is 0 Å². The van der Waals surface area contributed by atoms with E-state index in [0.29, 0.717) is 12.1 Å². The maximum atomic E-state index is 12.9. The smallest absolute Gasteiger partial charge is 0.243 e. The van der Waals surface area contributed by atoms with E-state index in [9.17, 15) is 12.8 Å². The van der Waals surface area contributed by atoms with Crippen LogP contribution in [0.25, 0.3) is 0 Å². The van der Waals surface area contributed by atoms with Gasteiger partial charge in [-0.15, -0.1) is 0 Å². The summed E-state index contributed by atoms with van der Waals surface area (Å²) in [6, 6.07) is 5.94. The Morgan fingerprint density at radius 3 is 2.25 bits per heavy atom. The molecule has 1 aromatic carbocycles. The van der Waals surface area contributed by atoms with Gasteiger partial charge in [-0.25, -0.2) is 12.8 Å². The Hall–Kier alpha value is -0.980. The van der Waals surface area contributed by atoms with Crippen LogP contribution in [0.5, 0.6) is 0 Å². The van der Waals surface area contributed by atoms with Gasteiger partial charge in [-0.3, -0.25) is 0 Å². The van der Waals surface area contributed by atoms with Crippen LogP contribution in [-0.2, 0) is 10.0 Å². The van der Waals surface area contributed by atoms with Crippen molar-refractivity contribution in [2.24, 2.45) is 0 Å². The van der Waals surface area contributed by atoms with Gasteiger partial charge in [0.1, 0.15) is 5.82 Å². The molecule has 3 rings (SSSR count). The topological polar surface area (TPSA) is 49.4 Å². The van der Waals surface area contributed by atoms with E-state index in [1.165, 1.54) is 28.6 Å². The summed E-state index contributed by atoms with van der Waals surface area (Å²) < 4.78 is 39.5. The van der Waals surface area contributed by atoms with Crippen LogP contribution in [0, 0.1) is 5.82 Å². The molecule has 2 heterocycles. The van der Waals surface area contributed by atoms with Crippen LogP contribution < -0.4 is 5.32 Å². The van der Waals surface area contributed by atoms with Crippen molar-refractivity contribution in [2.75, 3.05) is 7.05 Å². The van der Waals surface area contributed by atoms with Gasteiger partial charge in [0.2, 0.25) is 10.0 Å². The first kappa shape index (κ1) is 14.0. The number of fused-ring (bicyclic) bond motifs is 2. The van der Waals surface area contributed by atoms with Crippen molar-refractivity contribution in [2.45, 2.75) is 48.7 Å². The van der Waals surface area contributed by atoms with Gasteiger partial charge in [-0.2, -0.15) is 4.31 Å². The van der Waals surface area contributed by atoms with Crippen molar-refractivity contribution in [3.8, 4) is 0 Å². The molecule has 0 spiro atoms. The molecular weight excluding hydrogens is 279 g/mol. The molecule has 0 radical (unpaired) electrons. The lowest BCUT2D eigenvalue weighted by atomic mass is 10.0. The average molecular weight is 298 g/mol. The molecular formula is C14H19FN2O2S. The zero-order valence-electron chi connectivity index (χ0n) is 11.4. The molecule has 2 aliphatic heterocycles. The van der Waals surface area contributed by atoms with E-state index in [-0.39, 0.29) is 10.9 Å². The zero-order valence-corrected chi connectivity index (χ0v) is 12.2. The lowest BCUT2D eigenvalue weighted by Crippen LogP contribution is -2.48. The molecule has 110 valence electrons. The third kappa shape index (κ3) is 2.47. The van der Waals surface area contributed by atoms with Crippen LogP contribution >= 0.6 is 0 Å². The molecule has 2 bridgehead atoms. The Labute approximate surface area is 119 Å². The van der Waals surface area contributed by atoms with Crippen molar-refractivity contribution in [1.82, 2.24) is 9.62 Å². The molecule has 0 amide bonds. The molecule has 6 heteroatoms. The molecule has 1 N–H and O–H groups in total. The van der Waals surface area contributed by atoms with Gasteiger partial charge >= 0.3 is 0 Å². The molecule has 2 fully saturated rings. The van der Waals surface area contributed by atoms with Gasteiger partial charge in [0.05, 0.1) is 4.90 Å². The Morgan fingerprint density at radius 2 is 1.70 bits per heavy atom. The summed E-state index contributed by atoms with van der Waals surface area (Å²) in [5, 5.41) is 3.50. The van der Waals surface area contributed by atoms with Crippen LogP contribution in [0.1, 0.15) is 25.7 Å². The Bertz CT molecular complexity index is 576. The third-order valence-corrected chi connectivity index (χ3v) is 6.38. The summed E-state index contributed by atoms with van der Waals surface area (Å²) in [5.41, 5.74) is 0. The second-order valence-corrected chi connectivity index (χ2v) is 7.74. The first-order chi connectivity index (χ1) is 9.46. The monoisotopic (exact) mass is 298 g/mol. The summed E-state index contributed by atoms with van der Waals surface area (Å²) in [7, 11) is -1.90. The fourth-order valence-electron chi connectivity index (χ4n) is 3.29. The Balaban J connectivity index is 1.82. The fraction of sp³-hybridized carbons (Fsp3) is 0.571. The molecule has 20 heavy (non-hydrogen) atoms. The summed E-state index contributed by atoms with van der Waals surface area (Å²) in [6.07, 6.45) is 3.97. The van der Waals surface area contributed by atoms with Crippen molar-refractivity contribution in [3.63, 3.8) is 0 Å².